The summed E-state index contributed by atoms with van der Waals surface area (Å²) in [6.45, 7) is 5.42. The number of nitrogens with one attached hydrogen (secondary N) is 1. The highest BCUT2D eigenvalue weighted by molar-refractivity contribution is 8.00. The van der Waals surface area contributed by atoms with Gasteiger partial charge in [0.25, 0.3) is 0 Å². The number of hydrogen-bond donors (Lipinski definition) is 1. The number of carbonyl (C=O) groups is 2. The summed E-state index contributed by atoms with van der Waals surface area (Å²) in [7, 11) is -3.03. The van der Waals surface area contributed by atoms with Crippen LogP contribution < -0.4 is 5.32 Å². The van der Waals surface area contributed by atoms with Crippen LogP contribution in [0.4, 0.5) is 5.69 Å². The van der Waals surface area contributed by atoms with Gasteiger partial charge in [0.2, 0.25) is 11.8 Å². The van der Waals surface area contributed by atoms with Gasteiger partial charge in [0.05, 0.1) is 17.3 Å². The largest absolute Gasteiger partial charge is 0.335 e. The lowest BCUT2D eigenvalue weighted by Gasteiger charge is -2.33. The van der Waals surface area contributed by atoms with E-state index in [0.717, 1.165) is 11.3 Å². The van der Waals surface area contributed by atoms with Crippen molar-refractivity contribution in [1.29, 1.82) is 0 Å². The summed E-state index contributed by atoms with van der Waals surface area (Å²) in [5, 5.41) is 2.70. The molecule has 144 valence electrons. The molecule has 1 heterocycles. The third kappa shape index (κ3) is 5.74. The van der Waals surface area contributed by atoms with Crippen molar-refractivity contribution >= 4 is 39.1 Å². The summed E-state index contributed by atoms with van der Waals surface area (Å²) in [4.78, 5) is 26.5. The van der Waals surface area contributed by atoms with Gasteiger partial charge in [-0.15, -0.1) is 11.8 Å². The number of thioether (sulfide) groups is 1. The molecule has 0 aromatic heterocycles. The smallest absolute Gasteiger partial charge is 0.233 e. The summed E-state index contributed by atoms with van der Waals surface area (Å²) < 4.78 is 23.6. The van der Waals surface area contributed by atoms with E-state index in [1.165, 1.54) is 18.7 Å². The van der Waals surface area contributed by atoms with Gasteiger partial charge in [0, 0.05) is 29.6 Å². The fourth-order valence-corrected chi connectivity index (χ4v) is 5.54. The zero-order chi connectivity index (χ0) is 19.3. The van der Waals surface area contributed by atoms with E-state index in [1.54, 1.807) is 17.0 Å². The lowest BCUT2D eigenvalue weighted by atomic mass is 10.1. The van der Waals surface area contributed by atoms with Crippen LogP contribution in [0.2, 0.25) is 0 Å². The highest BCUT2D eigenvalue weighted by atomic mass is 32.2. The van der Waals surface area contributed by atoms with E-state index >= 15 is 0 Å². The number of rotatable bonds is 7. The normalized spacial score (nSPS) is 19.7. The maximum absolute atomic E-state index is 12.8. The molecule has 8 heteroatoms. The van der Waals surface area contributed by atoms with E-state index in [0.29, 0.717) is 12.1 Å². The molecule has 1 aliphatic heterocycles. The Morgan fingerprint density at radius 2 is 1.96 bits per heavy atom. The molecule has 0 unspecified atom stereocenters. The second-order valence-corrected chi connectivity index (χ2v) is 9.89. The van der Waals surface area contributed by atoms with Gasteiger partial charge in [-0.3, -0.25) is 9.59 Å². The van der Waals surface area contributed by atoms with Crippen LogP contribution in [0.15, 0.2) is 29.2 Å². The average molecular weight is 399 g/mol. The van der Waals surface area contributed by atoms with E-state index in [1.807, 2.05) is 26.0 Å². The molecule has 26 heavy (non-hydrogen) atoms. The first kappa shape index (κ1) is 20.8. The fourth-order valence-electron chi connectivity index (χ4n) is 3.06. The van der Waals surface area contributed by atoms with Crippen LogP contribution in [-0.2, 0) is 19.4 Å². The van der Waals surface area contributed by atoms with Gasteiger partial charge in [-0.05, 0) is 44.0 Å². The van der Waals surface area contributed by atoms with Gasteiger partial charge >= 0.3 is 0 Å². The number of carbonyl (C=O) groups excluding carboxylic acids is 2. The first-order valence-corrected chi connectivity index (χ1v) is 11.5. The van der Waals surface area contributed by atoms with E-state index in [9.17, 15) is 18.0 Å². The zero-order valence-electron chi connectivity index (χ0n) is 15.4. The second-order valence-electron chi connectivity index (χ2n) is 6.61. The Morgan fingerprint density at radius 3 is 2.46 bits per heavy atom. The molecule has 0 saturated carbocycles. The molecule has 1 aliphatic rings. The first-order chi connectivity index (χ1) is 12.2. The lowest BCUT2D eigenvalue weighted by molar-refractivity contribution is -0.132. The van der Waals surface area contributed by atoms with Gasteiger partial charge in [-0.1, -0.05) is 6.92 Å². The third-order valence-corrected chi connectivity index (χ3v) is 7.24. The average Bonchev–Trinajstić information content (AvgIpc) is 2.93. The van der Waals surface area contributed by atoms with Crippen molar-refractivity contribution in [3.05, 3.63) is 24.3 Å². The molecule has 1 aromatic rings. The highest BCUT2D eigenvalue weighted by Crippen LogP contribution is 2.25. The molecule has 1 aromatic carbocycles. The van der Waals surface area contributed by atoms with Crippen LogP contribution in [0, 0.1) is 0 Å². The van der Waals surface area contributed by atoms with Crippen molar-refractivity contribution in [2.75, 3.05) is 22.6 Å². The minimum Gasteiger partial charge on any atom is -0.335 e. The highest BCUT2D eigenvalue weighted by Gasteiger charge is 2.36. The molecule has 0 aliphatic carbocycles. The maximum atomic E-state index is 12.8. The lowest BCUT2D eigenvalue weighted by Crippen LogP contribution is -2.47. The monoisotopic (exact) mass is 398 g/mol. The summed E-state index contributed by atoms with van der Waals surface area (Å²) in [6, 6.07) is 7.11. The Balaban J connectivity index is 1.99. The minimum absolute atomic E-state index is 0.0172. The molecule has 0 spiro atoms. The van der Waals surface area contributed by atoms with Crippen LogP contribution in [0.1, 0.15) is 33.6 Å². The zero-order valence-corrected chi connectivity index (χ0v) is 17.0. The molecular formula is C18H26N2O4S2. The second kappa shape index (κ2) is 8.90. The van der Waals surface area contributed by atoms with Crippen molar-refractivity contribution in [2.24, 2.45) is 0 Å². The topological polar surface area (TPSA) is 83.6 Å². The fraction of sp³-hybridized carbons (Fsp3) is 0.556. The maximum Gasteiger partial charge on any atom is 0.233 e. The van der Waals surface area contributed by atoms with E-state index in [2.05, 4.69) is 5.32 Å². The molecule has 6 nitrogen and oxygen atoms in total. The van der Waals surface area contributed by atoms with Crippen LogP contribution in [0.25, 0.3) is 0 Å². The predicted molar refractivity (Wildman–Crippen MR) is 105 cm³/mol. The summed E-state index contributed by atoms with van der Waals surface area (Å²) in [5.41, 5.74) is 0.713. The number of nitrogens with zero attached hydrogens (tertiary/aromatic N) is 1. The number of hydrogen-bond acceptors (Lipinski definition) is 5. The summed E-state index contributed by atoms with van der Waals surface area (Å²) in [5.74, 6) is 0.337. The SMILES string of the molecule is CC[C@@H](C)N(C(=O)CSc1ccc(NC(C)=O)cc1)[C@@H]1CCS(=O)(=O)C1. The van der Waals surface area contributed by atoms with Crippen LogP contribution in [0.3, 0.4) is 0 Å². The van der Waals surface area contributed by atoms with Crippen molar-refractivity contribution in [3.8, 4) is 0 Å². The Hall–Kier alpha value is -1.54. The minimum atomic E-state index is -3.03. The third-order valence-electron chi connectivity index (χ3n) is 4.49. The van der Waals surface area contributed by atoms with Gasteiger partial charge in [-0.25, -0.2) is 8.42 Å². The van der Waals surface area contributed by atoms with E-state index < -0.39 is 9.84 Å². The standard InChI is InChI=1S/C18H26N2O4S2/c1-4-13(2)20(16-9-10-26(23,24)12-16)18(22)11-25-17-7-5-15(6-8-17)19-14(3)21/h5-8,13,16H,4,9-12H2,1-3H3,(H,19,21)/t13-,16-/m1/s1. The number of amides is 2. The van der Waals surface area contributed by atoms with Crippen molar-refractivity contribution in [3.63, 3.8) is 0 Å². The number of benzene rings is 1. The van der Waals surface area contributed by atoms with Gasteiger partial charge in [0.1, 0.15) is 0 Å². The Bertz CT molecular complexity index is 747. The predicted octanol–water partition coefficient (Wildman–Crippen LogP) is 2.55. The van der Waals surface area contributed by atoms with Crippen molar-refractivity contribution < 1.29 is 18.0 Å². The molecule has 1 fully saturated rings. The van der Waals surface area contributed by atoms with E-state index in [-0.39, 0.29) is 41.2 Å². The van der Waals surface area contributed by atoms with Crippen LogP contribution in [-0.4, -0.2) is 54.5 Å². The quantitative estimate of drug-likeness (QED) is 0.714. The molecule has 1 saturated heterocycles. The number of anilines is 1. The first-order valence-electron chi connectivity index (χ1n) is 8.74. The Labute approximate surface area is 159 Å². The number of sulfone groups is 1. The molecule has 2 atom stereocenters. The molecule has 0 bridgehead atoms. The van der Waals surface area contributed by atoms with Crippen molar-refractivity contribution in [1.82, 2.24) is 4.90 Å². The molecule has 2 rings (SSSR count). The molecular weight excluding hydrogens is 372 g/mol. The van der Waals surface area contributed by atoms with E-state index in [4.69, 9.17) is 0 Å². The Morgan fingerprint density at radius 1 is 1.31 bits per heavy atom. The van der Waals surface area contributed by atoms with Gasteiger partial charge in [0.15, 0.2) is 9.84 Å². The van der Waals surface area contributed by atoms with Gasteiger partial charge in [-0.2, -0.15) is 0 Å². The summed E-state index contributed by atoms with van der Waals surface area (Å²) >= 11 is 1.42. The molecule has 1 N–H and O–H groups in total. The van der Waals surface area contributed by atoms with Crippen molar-refractivity contribution in [2.45, 2.75) is 50.6 Å². The van der Waals surface area contributed by atoms with Gasteiger partial charge < -0.3 is 10.2 Å². The van der Waals surface area contributed by atoms with Crippen LogP contribution >= 0.6 is 11.8 Å². The molecule has 0 radical (unpaired) electrons. The molecule has 2 amide bonds. The van der Waals surface area contributed by atoms with Crippen LogP contribution in [0.5, 0.6) is 0 Å². The Kier molecular flexibility index (Phi) is 7.11. The summed E-state index contributed by atoms with van der Waals surface area (Å²) in [6.07, 6.45) is 1.31.